The Bertz CT molecular complexity index is 540. The maximum absolute atomic E-state index is 13.1. The molecular formula is C20H30NO2+. The zero-order valence-electron chi connectivity index (χ0n) is 14.6. The highest BCUT2D eigenvalue weighted by Crippen LogP contribution is 2.46. The van der Waals surface area contributed by atoms with Crippen LogP contribution in [0.4, 0.5) is 0 Å². The zero-order valence-corrected chi connectivity index (χ0v) is 14.6. The van der Waals surface area contributed by atoms with E-state index in [4.69, 9.17) is 0 Å². The molecule has 0 amide bonds. The molecule has 1 aromatic carbocycles. The van der Waals surface area contributed by atoms with Gasteiger partial charge in [0.2, 0.25) is 0 Å². The lowest BCUT2D eigenvalue weighted by Crippen LogP contribution is -2.62. The molecule has 0 aromatic heterocycles. The van der Waals surface area contributed by atoms with Crippen LogP contribution in [0, 0.1) is 5.92 Å². The molecule has 0 aliphatic carbocycles. The minimum absolute atomic E-state index is 0.0784. The van der Waals surface area contributed by atoms with Crippen molar-refractivity contribution >= 4 is 5.78 Å². The number of quaternary nitrogens is 1. The van der Waals surface area contributed by atoms with Crippen molar-refractivity contribution in [2.45, 2.75) is 63.6 Å². The van der Waals surface area contributed by atoms with Crippen LogP contribution in [0.1, 0.15) is 51.0 Å². The van der Waals surface area contributed by atoms with Crippen molar-refractivity contribution < 1.29 is 14.4 Å². The van der Waals surface area contributed by atoms with E-state index in [9.17, 15) is 9.90 Å². The summed E-state index contributed by atoms with van der Waals surface area (Å²) in [6.07, 6.45) is 4.48. The van der Waals surface area contributed by atoms with Gasteiger partial charge in [0.05, 0.1) is 37.7 Å². The van der Waals surface area contributed by atoms with Gasteiger partial charge in [-0.05, 0) is 19.4 Å². The molecule has 0 saturated carbocycles. The van der Waals surface area contributed by atoms with Crippen LogP contribution in [-0.4, -0.2) is 47.2 Å². The Morgan fingerprint density at radius 2 is 1.74 bits per heavy atom. The third-order valence-corrected chi connectivity index (χ3v) is 6.76. The van der Waals surface area contributed by atoms with Crippen LogP contribution in [0.25, 0.3) is 0 Å². The molecule has 2 saturated heterocycles. The molecule has 2 unspecified atom stereocenters. The molecule has 2 heterocycles. The van der Waals surface area contributed by atoms with Crippen LogP contribution in [0.15, 0.2) is 30.3 Å². The molecule has 23 heavy (non-hydrogen) atoms. The topological polar surface area (TPSA) is 37.3 Å². The summed E-state index contributed by atoms with van der Waals surface area (Å²) in [6.45, 7) is 4.55. The van der Waals surface area contributed by atoms with E-state index in [0.717, 1.165) is 22.9 Å². The standard InChI is InChI=1S/C20H30NO2/c1-14(2)21(3)17-9-10-18(21)12-16(11-17)20(23)19(13-22)15-7-5-4-6-8-15/h4-8,14,16-19,22H,9-13H2,1-3H3/q+1/t16?,17-,18+,19-,21?/m0/s1. The Labute approximate surface area is 139 Å². The van der Waals surface area contributed by atoms with E-state index in [-0.39, 0.29) is 24.2 Å². The number of carbonyl (C=O) groups excluding carboxylic acids is 1. The van der Waals surface area contributed by atoms with Crippen molar-refractivity contribution in [3.05, 3.63) is 35.9 Å². The third-order valence-electron chi connectivity index (χ3n) is 6.76. The first-order chi connectivity index (χ1) is 11.0. The second kappa shape index (κ2) is 6.37. The highest BCUT2D eigenvalue weighted by Gasteiger charge is 2.54. The van der Waals surface area contributed by atoms with Crippen LogP contribution in [0.2, 0.25) is 0 Å². The summed E-state index contributed by atoms with van der Waals surface area (Å²) in [4.78, 5) is 13.1. The molecule has 2 fully saturated rings. The number of hydrogen-bond donors (Lipinski definition) is 1. The summed E-state index contributed by atoms with van der Waals surface area (Å²) in [6, 6.07) is 11.6. The normalized spacial score (nSPS) is 34.6. The number of hydrogen-bond acceptors (Lipinski definition) is 2. The molecule has 0 spiro atoms. The average molecular weight is 316 g/mol. The van der Waals surface area contributed by atoms with E-state index >= 15 is 0 Å². The fraction of sp³-hybridized carbons (Fsp3) is 0.650. The third kappa shape index (κ3) is 2.74. The van der Waals surface area contributed by atoms with Crippen molar-refractivity contribution in [1.82, 2.24) is 0 Å². The summed E-state index contributed by atoms with van der Waals surface area (Å²) >= 11 is 0. The van der Waals surface area contributed by atoms with Crippen molar-refractivity contribution in [3.8, 4) is 0 Å². The van der Waals surface area contributed by atoms with Gasteiger partial charge < -0.3 is 9.59 Å². The molecule has 126 valence electrons. The molecule has 2 aliphatic rings. The van der Waals surface area contributed by atoms with E-state index < -0.39 is 0 Å². The summed E-state index contributed by atoms with van der Waals surface area (Å²) in [7, 11) is 2.38. The van der Waals surface area contributed by atoms with Crippen LogP contribution in [0.3, 0.4) is 0 Å². The van der Waals surface area contributed by atoms with Crippen molar-refractivity contribution in [2.75, 3.05) is 13.7 Å². The molecule has 2 bridgehead atoms. The number of carbonyl (C=O) groups is 1. The maximum atomic E-state index is 13.1. The molecule has 5 atom stereocenters. The largest absolute Gasteiger partial charge is 0.395 e. The lowest BCUT2D eigenvalue weighted by molar-refractivity contribution is -0.968. The second-order valence-electron chi connectivity index (χ2n) is 7.92. The van der Waals surface area contributed by atoms with Gasteiger partial charge >= 0.3 is 0 Å². The molecular weight excluding hydrogens is 286 g/mol. The maximum Gasteiger partial charge on any atom is 0.146 e. The molecule has 0 radical (unpaired) electrons. The number of aliphatic hydroxyl groups excluding tert-OH is 1. The first kappa shape index (κ1) is 16.7. The smallest absolute Gasteiger partial charge is 0.146 e. The van der Waals surface area contributed by atoms with Gasteiger partial charge in [-0.15, -0.1) is 0 Å². The van der Waals surface area contributed by atoms with Gasteiger partial charge in [-0.1, -0.05) is 30.3 Å². The number of rotatable bonds is 5. The fourth-order valence-electron chi connectivity index (χ4n) is 5.09. The van der Waals surface area contributed by atoms with E-state index in [1.54, 1.807) is 0 Å². The quantitative estimate of drug-likeness (QED) is 0.848. The predicted octanol–water partition coefficient (Wildman–Crippen LogP) is 3.13. The van der Waals surface area contributed by atoms with Crippen LogP contribution < -0.4 is 0 Å². The van der Waals surface area contributed by atoms with Crippen molar-refractivity contribution in [1.29, 1.82) is 0 Å². The number of aliphatic hydroxyl groups is 1. The van der Waals surface area contributed by atoms with Gasteiger partial charge in [0, 0.05) is 31.6 Å². The van der Waals surface area contributed by atoms with Gasteiger partial charge in [0.1, 0.15) is 5.78 Å². The lowest BCUT2D eigenvalue weighted by atomic mass is 9.79. The van der Waals surface area contributed by atoms with Gasteiger partial charge in [-0.3, -0.25) is 4.79 Å². The van der Waals surface area contributed by atoms with Gasteiger partial charge in [-0.25, -0.2) is 0 Å². The summed E-state index contributed by atoms with van der Waals surface area (Å²) < 4.78 is 1.14. The molecule has 1 N–H and O–H groups in total. The monoisotopic (exact) mass is 316 g/mol. The van der Waals surface area contributed by atoms with Gasteiger partial charge in [0.25, 0.3) is 0 Å². The Morgan fingerprint density at radius 3 is 2.22 bits per heavy atom. The number of fused-ring (bicyclic) bond motifs is 2. The van der Waals surface area contributed by atoms with Crippen molar-refractivity contribution in [2.24, 2.45) is 5.92 Å². The second-order valence-corrected chi connectivity index (χ2v) is 7.92. The highest BCUT2D eigenvalue weighted by atomic mass is 16.3. The first-order valence-corrected chi connectivity index (χ1v) is 9.03. The molecule has 3 rings (SSSR count). The lowest BCUT2D eigenvalue weighted by Gasteiger charge is -2.50. The Morgan fingerprint density at radius 1 is 1.17 bits per heavy atom. The first-order valence-electron chi connectivity index (χ1n) is 9.03. The SMILES string of the molecule is CC(C)[N+]1(C)[C@@H]2CC[C@H]1CC(C(=O)[C@@H](CO)c1ccccc1)C2. The van der Waals surface area contributed by atoms with Gasteiger partial charge in [0.15, 0.2) is 0 Å². The van der Waals surface area contributed by atoms with Gasteiger partial charge in [-0.2, -0.15) is 0 Å². The summed E-state index contributed by atoms with van der Waals surface area (Å²) in [5.41, 5.74) is 0.957. The van der Waals surface area contributed by atoms with Crippen LogP contribution in [0.5, 0.6) is 0 Å². The number of Topliss-reactive ketones (excluding diaryl/α,β-unsaturated/α-hetero) is 1. The van der Waals surface area contributed by atoms with Crippen molar-refractivity contribution in [3.63, 3.8) is 0 Å². The molecule has 2 aliphatic heterocycles. The van der Waals surface area contributed by atoms with E-state index in [1.807, 2.05) is 30.3 Å². The minimum Gasteiger partial charge on any atom is -0.395 e. The van der Waals surface area contributed by atoms with Crippen LogP contribution in [-0.2, 0) is 4.79 Å². The van der Waals surface area contributed by atoms with E-state index in [2.05, 4.69) is 20.9 Å². The minimum atomic E-state index is -0.350. The molecule has 1 aromatic rings. The van der Waals surface area contributed by atoms with E-state index in [1.165, 1.54) is 12.8 Å². The summed E-state index contributed by atoms with van der Waals surface area (Å²) in [5, 5.41) is 9.79. The predicted molar refractivity (Wildman–Crippen MR) is 92.1 cm³/mol. The Kier molecular flexibility index (Phi) is 4.61. The summed E-state index contributed by atoms with van der Waals surface area (Å²) in [5.74, 6) is 0.0249. The number of benzene rings is 1. The molecule has 3 heteroatoms. The average Bonchev–Trinajstić information content (AvgIpc) is 2.75. The zero-order chi connectivity index (χ0) is 16.6. The number of nitrogens with zero attached hydrogens (tertiary/aromatic N) is 1. The Balaban J connectivity index is 1.78. The highest BCUT2D eigenvalue weighted by molar-refractivity contribution is 5.88. The Hall–Kier alpha value is -1.19. The number of ketones is 1. The van der Waals surface area contributed by atoms with E-state index in [0.29, 0.717) is 18.1 Å². The van der Waals surface area contributed by atoms with Crippen LogP contribution >= 0.6 is 0 Å². The fourth-order valence-corrected chi connectivity index (χ4v) is 5.09. The molecule has 3 nitrogen and oxygen atoms in total. The number of piperidine rings is 1.